The van der Waals surface area contributed by atoms with Crippen LogP contribution in [0.4, 0.5) is 0 Å². The lowest BCUT2D eigenvalue weighted by Crippen LogP contribution is -1.57. The Hall–Kier alpha value is -0.700. The van der Waals surface area contributed by atoms with Crippen LogP contribution in [0.2, 0.25) is 0 Å². The summed E-state index contributed by atoms with van der Waals surface area (Å²) in [7, 11) is 0. The summed E-state index contributed by atoms with van der Waals surface area (Å²) in [6.45, 7) is 5.93. The molecule has 0 aromatic heterocycles. The first-order valence-electron chi connectivity index (χ1n) is 1.60. The maximum Gasteiger partial charge on any atom is 0.106 e. The second-order valence-corrected chi connectivity index (χ2v) is 0.316. The Bertz CT molecular complexity index is 14.4. The van der Waals surface area contributed by atoms with E-state index >= 15 is 0 Å². The molecule has 0 bridgehead atoms. The molecule has 44 valence electrons. The summed E-state index contributed by atoms with van der Waals surface area (Å²) >= 11 is 0. The summed E-state index contributed by atoms with van der Waals surface area (Å²) in [5.41, 5.74) is 0. The van der Waals surface area contributed by atoms with Crippen LogP contribution in [0.1, 0.15) is 6.92 Å². The quantitative estimate of drug-likeness (QED) is 0.458. The molecule has 0 aliphatic heterocycles. The Balaban J connectivity index is -0.0000000360. The second-order valence-electron chi connectivity index (χ2n) is 0.316. The highest BCUT2D eigenvalue weighted by molar-refractivity contribution is 5.11. The van der Waals surface area contributed by atoms with E-state index in [0.717, 1.165) is 0 Å². The molecule has 0 saturated carbocycles. The van der Waals surface area contributed by atoms with Crippen molar-refractivity contribution in [1.29, 1.82) is 0 Å². The molecule has 0 aliphatic rings. The van der Waals surface area contributed by atoms with E-state index in [-0.39, 0.29) is 6.61 Å². The number of hydrogen-bond donors (Lipinski definition) is 1. The first-order chi connectivity index (χ1) is 3.41. The van der Waals surface area contributed by atoms with Gasteiger partial charge in [0.15, 0.2) is 0 Å². The lowest BCUT2D eigenvalue weighted by molar-refractivity contribution is -0.0987. The van der Waals surface area contributed by atoms with Gasteiger partial charge in [0, 0.05) is 6.61 Å². The average molecular weight is 106 g/mol. The van der Waals surface area contributed by atoms with Crippen LogP contribution in [-0.4, -0.2) is 25.3 Å². The average Bonchev–Trinajstić information content (AvgIpc) is 1.78. The molecular formula is C4H10O3. The van der Waals surface area contributed by atoms with Crippen LogP contribution in [0.5, 0.6) is 0 Å². The Morgan fingerprint density at radius 3 is 1.29 bits per heavy atom. The zero-order chi connectivity index (χ0) is 6.71. The molecule has 0 amide bonds. The standard InChI is InChI=1S/C2H6O.2CH2O/c1-2-3;2*1-2/h3H,2H2,1H3;2*1H2. The number of rotatable bonds is 0. The fraction of sp³-hybridized carbons (Fsp3) is 0.500. The molecule has 0 saturated heterocycles. The minimum absolute atomic E-state index is 0.250. The van der Waals surface area contributed by atoms with Crippen molar-refractivity contribution in [2.24, 2.45) is 0 Å². The molecule has 3 heteroatoms. The van der Waals surface area contributed by atoms with Gasteiger partial charge < -0.3 is 14.7 Å². The minimum atomic E-state index is 0.250. The molecule has 1 N–H and O–H groups in total. The predicted octanol–water partition coefficient (Wildman–Crippen LogP) is -0.371. The van der Waals surface area contributed by atoms with Gasteiger partial charge in [-0.05, 0) is 6.92 Å². The Morgan fingerprint density at radius 2 is 1.29 bits per heavy atom. The SMILES string of the molecule is C=O.C=O.CCO. The molecule has 0 atom stereocenters. The van der Waals surface area contributed by atoms with E-state index in [1.807, 2.05) is 13.6 Å². The molecule has 0 aromatic rings. The van der Waals surface area contributed by atoms with E-state index in [0.29, 0.717) is 0 Å². The van der Waals surface area contributed by atoms with Crippen molar-refractivity contribution >= 4 is 13.6 Å². The fourth-order valence-corrected chi connectivity index (χ4v) is 0. The Morgan fingerprint density at radius 1 is 1.29 bits per heavy atom. The third-order valence-corrected chi connectivity index (χ3v) is 0. The molecule has 0 rings (SSSR count). The second kappa shape index (κ2) is 1090. The third-order valence-electron chi connectivity index (χ3n) is 0. The van der Waals surface area contributed by atoms with Crippen molar-refractivity contribution in [2.45, 2.75) is 6.92 Å². The first-order valence-corrected chi connectivity index (χ1v) is 1.60. The topological polar surface area (TPSA) is 54.4 Å². The van der Waals surface area contributed by atoms with Crippen molar-refractivity contribution in [2.75, 3.05) is 6.61 Å². The molecule has 7 heavy (non-hydrogen) atoms. The van der Waals surface area contributed by atoms with E-state index in [1.54, 1.807) is 6.92 Å². The van der Waals surface area contributed by atoms with Crippen molar-refractivity contribution in [3.05, 3.63) is 0 Å². The van der Waals surface area contributed by atoms with Gasteiger partial charge in [0.2, 0.25) is 0 Å². The van der Waals surface area contributed by atoms with Gasteiger partial charge in [0.05, 0.1) is 0 Å². The summed E-state index contributed by atoms with van der Waals surface area (Å²) in [5.74, 6) is 0. The van der Waals surface area contributed by atoms with Crippen LogP contribution in [0.3, 0.4) is 0 Å². The lowest BCUT2D eigenvalue weighted by atomic mass is 10.9. The first kappa shape index (κ1) is 16.3. The van der Waals surface area contributed by atoms with Crippen molar-refractivity contribution in [1.82, 2.24) is 0 Å². The van der Waals surface area contributed by atoms with Crippen LogP contribution in [0.15, 0.2) is 0 Å². The molecule has 0 unspecified atom stereocenters. The summed E-state index contributed by atoms with van der Waals surface area (Å²) in [6.07, 6.45) is 0. The normalized spacial score (nSPS) is 3.71. The van der Waals surface area contributed by atoms with Crippen molar-refractivity contribution < 1.29 is 14.7 Å². The molecule has 0 radical (unpaired) electrons. The highest BCUT2D eigenvalue weighted by Gasteiger charge is 1.34. The van der Waals surface area contributed by atoms with E-state index in [4.69, 9.17) is 14.7 Å². The van der Waals surface area contributed by atoms with Crippen LogP contribution in [-0.2, 0) is 9.59 Å². The fourth-order valence-electron chi connectivity index (χ4n) is 0. The molecule has 3 nitrogen and oxygen atoms in total. The van der Waals surface area contributed by atoms with Crippen LogP contribution < -0.4 is 0 Å². The van der Waals surface area contributed by atoms with E-state index in [1.165, 1.54) is 0 Å². The summed E-state index contributed by atoms with van der Waals surface area (Å²) in [5, 5.41) is 7.57. The highest BCUT2D eigenvalue weighted by atomic mass is 16.2. The van der Waals surface area contributed by atoms with Gasteiger partial charge in [-0.1, -0.05) is 0 Å². The molecular weight excluding hydrogens is 96.0 g/mol. The van der Waals surface area contributed by atoms with Crippen LogP contribution in [0, 0.1) is 0 Å². The lowest BCUT2D eigenvalue weighted by Gasteiger charge is -1.52. The number of aliphatic hydroxyl groups excluding tert-OH is 1. The predicted molar refractivity (Wildman–Crippen MR) is 27.0 cm³/mol. The summed E-state index contributed by atoms with van der Waals surface area (Å²) < 4.78 is 0. The highest BCUT2D eigenvalue weighted by Crippen LogP contribution is 1.30. The maximum atomic E-state index is 8.00. The zero-order valence-electron chi connectivity index (χ0n) is 4.39. The Labute approximate surface area is 43.0 Å². The van der Waals surface area contributed by atoms with Crippen LogP contribution in [0.25, 0.3) is 0 Å². The molecule has 0 aliphatic carbocycles. The Kier molecular flexibility index (Phi) is 2530. The van der Waals surface area contributed by atoms with E-state index in [2.05, 4.69) is 0 Å². The van der Waals surface area contributed by atoms with E-state index in [9.17, 15) is 0 Å². The van der Waals surface area contributed by atoms with Gasteiger partial charge in [0.1, 0.15) is 13.6 Å². The van der Waals surface area contributed by atoms with Crippen LogP contribution >= 0.6 is 0 Å². The molecule has 0 aromatic carbocycles. The van der Waals surface area contributed by atoms with Gasteiger partial charge >= 0.3 is 0 Å². The zero-order valence-corrected chi connectivity index (χ0v) is 4.39. The number of carbonyl (C=O) groups is 2. The summed E-state index contributed by atoms with van der Waals surface area (Å²) in [6, 6.07) is 0. The maximum absolute atomic E-state index is 8.00. The van der Waals surface area contributed by atoms with Gasteiger partial charge in [-0.15, -0.1) is 0 Å². The monoisotopic (exact) mass is 106 g/mol. The third kappa shape index (κ3) is 118. The number of carbonyl (C=O) groups excluding carboxylic acids is 2. The number of aliphatic hydroxyl groups is 1. The van der Waals surface area contributed by atoms with Gasteiger partial charge in [-0.2, -0.15) is 0 Å². The van der Waals surface area contributed by atoms with Gasteiger partial charge in [-0.25, -0.2) is 0 Å². The molecule has 0 fully saturated rings. The smallest absolute Gasteiger partial charge is 0.106 e. The number of hydrogen-bond acceptors (Lipinski definition) is 3. The van der Waals surface area contributed by atoms with E-state index < -0.39 is 0 Å². The molecule has 0 spiro atoms. The molecule has 0 heterocycles. The minimum Gasteiger partial charge on any atom is -0.397 e. The largest absolute Gasteiger partial charge is 0.397 e. The summed E-state index contributed by atoms with van der Waals surface area (Å²) in [4.78, 5) is 16.0. The van der Waals surface area contributed by atoms with Crippen molar-refractivity contribution in [3.63, 3.8) is 0 Å². The van der Waals surface area contributed by atoms with Gasteiger partial charge in [-0.3, -0.25) is 0 Å². The van der Waals surface area contributed by atoms with Gasteiger partial charge in [0.25, 0.3) is 0 Å². The van der Waals surface area contributed by atoms with Crippen molar-refractivity contribution in [3.8, 4) is 0 Å².